The normalized spacial score (nSPS) is 11.5. The minimum Gasteiger partial charge on any atom is -0.350 e. The molecular formula is C11H19N3O. The van der Waals surface area contributed by atoms with Gasteiger partial charge in [0.2, 0.25) is 0 Å². The van der Waals surface area contributed by atoms with Gasteiger partial charge in [-0.15, -0.1) is 0 Å². The first-order valence-electron chi connectivity index (χ1n) is 4.90. The van der Waals surface area contributed by atoms with Crippen molar-refractivity contribution in [2.45, 2.75) is 33.6 Å². The smallest absolute Gasteiger partial charge is 0.332 e. The lowest BCUT2D eigenvalue weighted by Crippen LogP contribution is -2.24. The van der Waals surface area contributed by atoms with E-state index in [9.17, 15) is 4.79 Å². The molecule has 0 bridgehead atoms. The van der Waals surface area contributed by atoms with Gasteiger partial charge in [-0.25, -0.2) is 10.2 Å². The molecule has 0 heterocycles. The molecule has 4 heteroatoms. The molecule has 0 radical (unpaired) electrons. The van der Waals surface area contributed by atoms with E-state index in [1.165, 1.54) is 17.4 Å². The number of carbonyl (C=O) groups excluding carboxylic acids is 1. The SMILES string of the molecule is CC(C)=CCC/C(C)=C\C=N/NC(N)=O. The summed E-state index contributed by atoms with van der Waals surface area (Å²) in [4.78, 5) is 10.3. The van der Waals surface area contributed by atoms with Crippen molar-refractivity contribution in [1.82, 2.24) is 5.43 Å². The molecule has 4 nitrogen and oxygen atoms in total. The molecule has 0 spiro atoms. The Kier molecular flexibility index (Phi) is 6.97. The van der Waals surface area contributed by atoms with Gasteiger partial charge in [-0.3, -0.25) is 0 Å². The van der Waals surface area contributed by atoms with Crippen LogP contribution in [0.3, 0.4) is 0 Å². The van der Waals surface area contributed by atoms with Crippen molar-refractivity contribution in [3.05, 3.63) is 23.3 Å². The average Bonchev–Trinajstić information content (AvgIpc) is 2.11. The Balaban J connectivity index is 3.84. The number of hydrogen-bond acceptors (Lipinski definition) is 2. The Bertz CT molecular complexity index is 286. The van der Waals surface area contributed by atoms with Crippen LogP contribution in [-0.2, 0) is 0 Å². The van der Waals surface area contributed by atoms with E-state index < -0.39 is 6.03 Å². The first-order valence-corrected chi connectivity index (χ1v) is 4.90. The number of urea groups is 1. The van der Waals surface area contributed by atoms with Crippen molar-refractivity contribution in [2.75, 3.05) is 0 Å². The van der Waals surface area contributed by atoms with E-state index in [0.29, 0.717) is 0 Å². The predicted octanol–water partition coefficient (Wildman–Crippen LogP) is 2.33. The molecule has 0 aliphatic heterocycles. The first kappa shape index (κ1) is 13.4. The highest BCUT2D eigenvalue weighted by Crippen LogP contribution is 2.05. The molecule has 0 aromatic rings. The average molecular weight is 209 g/mol. The third-order valence-corrected chi connectivity index (χ3v) is 1.70. The third kappa shape index (κ3) is 10.3. The van der Waals surface area contributed by atoms with E-state index in [4.69, 9.17) is 5.73 Å². The van der Waals surface area contributed by atoms with Crippen molar-refractivity contribution in [3.8, 4) is 0 Å². The van der Waals surface area contributed by atoms with Gasteiger partial charge in [0.1, 0.15) is 0 Å². The molecule has 0 saturated carbocycles. The Morgan fingerprint density at radius 3 is 2.60 bits per heavy atom. The van der Waals surface area contributed by atoms with E-state index in [1.807, 2.05) is 13.0 Å². The second-order valence-electron chi connectivity index (χ2n) is 3.59. The number of nitrogens with two attached hydrogens (primary N) is 1. The molecular weight excluding hydrogens is 190 g/mol. The van der Waals surface area contributed by atoms with Gasteiger partial charge in [-0.2, -0.15) is 5.10 Å². The fraction of sp³-hybridized carbons (Fsp3) is 0.455. The summed E-state index contributed by atoms with van der Waals surface area (Å²) >= 11 is 0. The lowest BCUT2D eigenvalue weighted by Gasteiger charge is -1.96. The first-order chi connectivity index (χ1) is 7.02. The van der Waals surface area contributed by atoms with Gasteiger partial charge in [0.25, 0.3) is 0 Å². The van der Waals surface area contributed by atoms with Crippen LogP contribution in [0.1, 0.15) is 33.6 Å². The van der Waals surface area contributed by atoms with Crippen LogP contribution < -0.4 is 11.2 Å². The lowest BCUT2D eigenvalue weighted by atomic mass is 10.1. The molecule has 0 aliphatic carbocycles. The second-order valence-corrected chi connectivity index (χ2v) is 3.59. The van der Waals surface area contributed by atoms with Crippen molar-refractivity contribution >= 4 is 12.2 Å². The molecule has 84 valence electrons. The summed E-state index contributed by atoms with van der Waals surface area (Å²) in [6, 6.07) is -0.651. The van der Waals surface area contributed by atoms with Crippen LogP contribution in [0.4, 0.5) is 4.79 Å². The van der Waals surface area contributed by atoms with Crippen molar-refractivity contribution in [3.63, 3.8) is 0 Å². The Morgan fingerprint density at radius 1 is 1.40 bits per heavy atom. The van der Waals surface area contributed by atoms with E-state index in [2.05, 4.69) is 30.5 Å². The van der Waals surface area contributed by atoms with Crippen molar-refractivity contribution < 1.29 is 4.79 Å². The highest BCUT2D eigenvalue weighted by Gasteiger charge is 1.87. The van der Waals surface area contributed by atoms with Crippen LogP contribution in [0.15, 0.2) is 28.4 Å². The van der Waals surface area contributed by atoms with Crippen LogP contribution >= 0.6 is 0 Å². The van der Waals surface area contributed by atoms with Gasteiger partial charge in [0.15, 0.2) is 0 Å². The summed E-state index contributed by atoms with van der Waals surface area (Å²) < 4.78 is 0. The van der Waals surface area contributed by atoms with Gasteiger partial charge in [0, 0.05) is 6.21 Å². The number of amides is 2. The summed E-state index contributed by atoms with van der Waals surface area (Å²) in [5, 5.41) is 3.61. The van der Waals surface area contributed by atoms with Crippen LogP contribution in [0, 0.1) is 0 Å². The van der Waals surface area contributed by atoms with Crippen LogP contribution in [0.2, 0.25) is 0 Å². The predicted molar refractivity (Wildman–Crippen MR) is 63.6 cm³/mol. The van der Waals surface area contributed by atoms with Crippen molar-refractivity contribution in [2.24, 2.45) is 10.8 Å². The Labute approximate surface area is 90.9 Å². The lowest BCUT2D eigenvalue weighted by molar-refractivity contribution is 0.249. The van der Waals surface area contributed by atoms with Crippen LogP contribution in [0.5, 0.6) is 0 Å². The van der Waals surface area contributed by atoms with E-state index in [-0.39, 0.29) is 0 Å². The van der Waals surface area contributed by atoms with E-state index in [1.54, 1.807) is 0 Å². The highest BCUT2D eigenvalue weighted by atomic mass is 16.2. The molecule has 0 saturated heterocycles. The summed E-state index contributed by atoms with van der Waals surface area (Å²) in [6.07, 6.45) is 7.60. The number of nitrogens with one attached hydrogen (secondary N) is 1. The molecule has 0 fully saturated rings. The van der Waals surface area contributed by atoms with Gasteiger partial charge < -0.3 is 5.73 Å². The summed E-state index contributed by atoms with van der Waals surface area (Å²) in [5.41, 5.74) is 9.49. The zero-order valence-electron chi connectivity index (χ0n) is 9.58. The van der Waals surface area contributed by atoms with Crippen LogP contribution in [-0.4, -0.2) is 12.2 Å². The third-order valence-electron chi connectivity index (χ3n) is 1.70. The minimum absolute atomic E-state index is 0.651. The molecule has 0 aromatic heterocycles. The number of hydrazone groups is 1. The Morgan fingerprint density at radius 2 is 2.07 bits per heavy atom. The van der Waals surface area contributed by atoms with Crippen molar-refractivity contribution in [1.29, 1.82) is 0 Å². The number of carbonyl (C=O) groups is 1. The van der Waals surface area contributed by atoms with Gasteiger partial charge >= 0.3 is 6.03 Å². The standard InChI is InChI=1S/C11H19N3O/c1-9(2)5-4-6-10(3)7-8-13-14-11(12)15/h5,7-8H,4,6H2,1-3H3,(H3,12,14,15)/b10-7-,13-8-. The monoisotopic (exact) mass is 209 g/mol. The van der Waals surface area contributed by atoms with Gasteiger partial charge in [0.05, 0.1) is 0 Å². The van der Waals surface area contributed by atoms with E-state index in [0.717, 1.165) is 12.8 Å². The molecule has 0 rings (SSSR count). The van der Waals surface area contributed by atoms with E-state index >= 15 is 0 Å². The molecule has 0 unspecified atom stereocenters. The zero-order valence-corrected chi connectivity index (χ0v) is 9.58. The molecule has 0 aromatic carbocycles. The summed E-state index contributed by atoms with van der Waals surface area (Å²) in [6.45, 7) is 6.18. The topological polar surface area (TPSA) is 67.5 Å². The molecule has 0 aliphatic rings. The Hall–Kier alpha value is -1.58. The second kappa shape index (κ2) is 7.79. The fourth-order valence-electron chi connectivity index (χ4n) is 0.937. The molecule has 0 atom stereocenters. The summed E-state index contributed by atoms with van der Waals surface area (Å²) in [7, 11) is 0. The zero-order chi connectivity index (χ0) is 11.7. The maximum absolute atomic E-state index is 10.3. The number of nitrogens with zero attached hydrogens (tertiary/aromatic N) is 1. The van der Waals surface area contributed by atoms with Gasteiger partial charge in [-0.1, -0.05) is 17.2 Å². The number of rotatable bonds is 5. The largest absolute Gasteiger partial charge is 0.350 e. The quantitative estimate of drug-likeness (QED) is 0.407. The molecule has 3 N–H and O–H groups in total. The molecule has 15 heavy (non-hydrogen) atoms. The number of hydrogen-bond donors (Lipinski definition) is 2. The fourth-order valence-corrected chi connectivity index (χ4v) is 0.937. The summed E-state index contributed by atoms with van der Waals surface area (Å²) in [5.74, 6) is 0. The number of allylic oxidation sites excluding steroid dienone is 4. The minimum atomic E-state index is -0.651. The maximum atomic E-state index is 10.3. The van der Waals surface area contributed by atoms with Crippen LogP contribution in [0.25, 0.3) is 0 Å². The maximum Gasteiger partial charge on any atom is 0.332 e. The molecule has 2 amide bonds. The number of primary amides is 1. The highest BCUT2D eigenvalue weighted by molar-refractivity contribution is 5.76. The van der Waals surface area contributed by atoms with Gasteiger partial charge in [-0.05, 0) is 39.7 Å².